The number of aromatic nitrogens is 1. The molecule has 0 spiro atoms. The highest BCUT2D eigenvalue weighted by atomic mass is 16.5. The van der Waals surface area contributed by atoms with Crippen molar-refractivity contribution in [3.63, 3.8) is 0 Å². The van der Waals surface area contributed by atoms with Crippen LogP contribution in [0.3, 0.4) is 0 Å². The first-order valence-electron chi connectivity index (χ1n) is 6.51. The Kier molecular flexibility index (Phi) is 4.08. The molecular formula is C13H18N2O5. The lowest BCUT2D eigenvalue weighted by Gasteiger charge is -2.29. The summed E-state index contributed by atoms with van der Waals surface area (Å²) >= 11 is 0. The van der Waals surface area contributed by atoms with Gasteiger partial charge in [0.25, 0.3) is 5.91 Å². The van der Waals surface area contributed by atoms with Crippen molar-refractivity contribution >= 4 is 11.9 Å². The van der Waals surface area contributed by atoms with Crippen molar-refractivity contribution in [3.8, 4) is 0 Å². The average molecular weight is 282 g/mol. The summed E-state index contributed by atoms with van der Waals surface area (Å²) in [4.78, 5) is 25.4. The van der Waals surface area contributed by atoms with Gasteiger partial charge in [0.2, 0.25) is 0 Å². The molecule has 1 N–H and O–H groups in total. The van der Waals surface area contributed by atoms with Crippen molar-refractivity contribution in [2.75, 3.05) is 19.8 Å². The molecule has 0 saturated carbocycles. The normalized spacial score (nSPS) is 21.9. The zero-order valence-electron chi connectivity index (χ0n) is 11.8. The van der Waals surface area contributed by atoms with E-state index in [0.29, 0.717) is 23.6 Å². The van der Waals surface area contributed by atoms with Crippen molar-refractivity contribution in [2.24, 2.45) is 5.92 Å². The number of likely N-dealkylation sites (N-methyl/N-ethyl adjacent to an activating group) is 1. The van der Waals surface area contributed by atoms with Gasteiger partial charge in [0.1, 0.15) is 17.2 Å². The molecule has 0 bridgehead atoms. The second-order valence-corrected chi connectivity index (χ2v) is 4.84. The Balaban J connectivity index is 2.28. The number of carbonyl (C=O) groups excluding carboxylic acids is 1. The molecular weight excluding hydrogens is 264 g/mol. The average Bonchev–Trinajstić information content (AvgIpc) is 2.98. The number of carbonyl (C=O) groups is 2. The Labute approximate surface area is 116 Å². The number of ether oxygens (including phenoxy) is 1. The fraction of sp³-hybridized carbons (Fsp3) is 0.615. The monoisotopic (exact) mass is 282 g/mol. The van der Waals surface area contributed by atoms with Gasteiger partial charge < -0.3 is 19.3 Å². The van der Waals surface area contributed by atoms with E-state index in [4.69, 9.17) is 9.26 Å². The molecule has 20 heavy (non-hydrogen) atoms. The molecule has 1 aromatic heterocycles. The minimum Gasteiger partial charge on any atom is -0.481 e. The summed E-state index contributed by atoms with van der Waals surface area (Å²) in [6.07, 6.45) is 0. The van der Waals surface area contributed by atoms with Crippen LogP contribution in [0.1, 0.15) is 28.7 Å². The summed E-state index contributed by atoms with van der Waals surface area (Å²) in [5.41, 5.74) is 0.916. The van der Waals surface area contributed by atoms with Gasteiger partial charge in [-0.15, -0.1) is 0 Å². The lowest BCUT2D eigenvalue weighted by Crippen LogP contribution is -2.46. The maximum absolute atomic E-state index is 12.6. The first-order valence-corrected chi connectivity index (χ1v) is 6.51. The molecule has 1 aliphatic heterocycles. The van der Waals surface area contributed by atoms with Crippen LogP contribution in [0.4, 0.5) is 0 Å². The lowest BCUT2D eigenvalue weighted by molar-refractivity contribution is -0.142. The number of aliphatic carboxylic acids is 1. The zero-order valence-corrected chi connectivity index (χ0v) is 11.8. The first-order chi connectivity index (χ1) is 9.47. The first kappa shape index (κ1) is 14.5. The third-order valence-electron chi connectivity index (χ3n) is 3.62. The molecule has 7 heteroatoms. The Bertz CT molecular complexity index is 505. The number of nitrogens with zero attached hydrogens (tertiary/aromatic N) is 2. The van der Waals surface area contributed by atoms with Gasteiger partial charge >= 0.3 is 5.97 Å². The van der Waals surface area contributed by atoms with Gasteiger partial charge in [0.05, 0.1) is 24.9 Å². The summed E-state index contributed by atoms with van der Waals surface area (Å²) in [6.45, 7) is 5.94. The smallest absolute Gasteiger partial charge is 0.311 e. The standard InChI is InChI=1S/C13H18N2O5/c1-4-15(10-6-19-5-9(10)13(17)18)12(16)11-7(2)14-20-8(11)3/h9-10H,4-6H2,1-3H3,(H,17,18). The second-order valence-electron chi connectivity index (χ2n) is 4.84. The Morgan fingerprint density at radius 1 is 1.40 bits per heavy atom. The van der Waals surface area contributed by atoms with Crippen molar-refractivity contribution in [1.29, 1.82) is 0 Å². The van der Waals surface area contributed by atoms with E-state index < -0.39 is 17.9 Å². The number of rotatable bonds is 4. The fourth-order valence-corrected chi connectivity index (χ4v) is 2.55. The number of hydrogen-bond acceptors (Lipinski definition) is 5. The number of aryl methyl sites for hydroxylation is 2. The predicted octanol–water partition coefficient (Wildman–Crippen LogP) is 0.853. The van der Waals surface area contributed by atoms with Crippen molar-refractivity contribution in [1.82, 2.24) is 10.1 Å². The number of carboxylic acids is 1. The third-order valence-corrected chi connectivity index (χ3v) is 3.62. The van der Waals surface area contributed by atoms with E-state index >= 15 is 0 Å². The van der Waals surface area contributed by atoms with Crippen LogP contribution in [0.5, 0.6) is 0 Å². The molecule has 1 aliphatic rings. The number of carboxylic acid groups (broad SMARTS) is 1. The van der Waals surface area contributed by atoms with E-state index in [-0.39, 0.29) is 19.1 Å². The quantitative estimate of drug-likeness (QED) is 0.880. The van der Waals surface area contributed by atoms with Crippen LogP contribution in [0.15, 0.2) is 4.52 Å². The molecule has 7 nitrogen and oxygen atoms in total. The summed E-state index contributed by atoms with van der Waals surface area (Å²) in [5, 5.41) is 13.0. The van der Waals surface area contributed by atoms with E-state index in [9.17, 15) is 14.7 Å². The van der Waals surface area contributed by atoms with E-state index in [0.717, 1.165) is 0 Å². The van der Waals surface area contributed by atoms with Crippen LogP contribution in [-0.4, -0.2) is 52.8 Å². The highest BCUT2D eigenvalue weighted by molar-refractivity contribution is 5.96. The molecule has 2 rings (SSSR count). The molecule has 110 valence electrons. The van der Waals surface area contributed by atoms with E-state index in [2.05, 4.69) is 5.16 Å². The van der Waals surface area contributed by atoms with Gasteiger partial charge in [-0.25, -0.2) is 0 Å². The van der Waals surface area contributed by atoms with E-state index in [1.165, 1.54) is 4.90 Å². The molecule has 0 aliphatic carbocycles. The topological polar surface area (TPSA) is 92.9 Å². The summed E-state index contributed by atoms with van der Waals surface area (Å²) < 4.78 is 10.2. The van der Waals surface area contributed by atoms with Crippen molar-refractivity contribution in [3.05, 3.63) is 17.0 Å². The van der Waals surface area contributed by atoms with Crippen LogP contribution in [0, 0.1) is 19.8 Å². The van der Waals surface area contributed by atoms with Gasteiger partial charge in [0.15, 0.2) is 0 Å². The van der Waals surface area contributed by atoms with Crippen LogP contribution in [0.2, 0.25) is 0 Å². The van der Waals surface area contributed by atoms with Crippen molar-refractivity contribution < 1.29 is 24.0 Å². The highest BCUT2D eigenvalue weighted by Crippen LogP contribution is 2.24. The van der Waals surface area contributed by atoms with Gasteiger partial charge in [-0.1, -0.05) is 5.16 Å². The van der Waals surface area contributed by atoms with Crippen molar-refractivity contribution in [2.45, 2.75) is 26.8 Å². The maximum Gasteiger partial charge on any atom is 0.311 e. The van der Waals surface area contributed by atoms with Crippen LogP contribution in [0.25, 0.3) is 0 Å². The lowest BCUT2D eigenvalue weighted by atomic mass is 10.0. The van der Waals surface area contributed by atoms with Crippen LogP contribution < -0.4 is 0 Å². The summed E-state index contributed by atoms with van der Waals surface area (Å²) in [7, 11) is 0. The SMILES string of the molecule is CCN(C(=O)c1c(C)noc1C)C1COCC1C(=O)O. The molecule has 2 atom stereocenters. The van der Waals surface area contributed by atoms with E-state index in [1.807, 2.05) is 6.92 Å². The zero-order chi connectivity index (χ0) is 14.9. The summed E-state index contributed by atoms with van der Waals surface area (Å²) in [5.74, 6) is -1.46. The van der Waals surface area contributed by atoms with Crippen LogP contribution >= 0.6 is 0 Å². The fourth-order valence-electron chi connectivity index (χ4n) is 2.55. The summed E-state index contributed by atoms with van der Waals surface area (Å²) in [6, 6.07) is -0.460. The highest BCUT2D eigenvalue weighted by Gasteiger charge is 2.40. The predicted molar refractivity (Wildman–Crippen MR) is 68.4 cm³/mol. The molecule has 1 aromatic rings. The Morgan fingerprint density at radius 3 is 2.60 bits per heavy atom. The Hall–Kier alpha value is -1.89. The van der Waals surface area contributed by atoms with Gasteiger partial charge in [-0.05, 0) is 20.8 Å². The van der Waals surface area contributed by atoms with Gasteiger partial charge in [0, 0.05) is 6.54 Å². The second kappa shape index (κ2) is 5.62. The molecule has 1 fully saturated rings. The minimum absolute atomic E-state index is 0.130. The molecule has 2 unspecified atom stereocenters. The molecule has 1 amide bonds. The Morgan fingerprint density at radius 2 is 2.10 bits per heavy atom. The maximum atomic E-state index is 12.6. The number of hydrogen-bond donors (Lipinski definition) is 1. The van der Waals surface area contributed by atoms with E-state index in [1.54, 1.807) is 13.8 Å². The van der Waals surface area contributed by atoms with Gasteiger partial charge in [-0.3, -0.25) is 9.59 Å². The molecule has 0 aromatic carbocycles. The molecule has 0 radical (unpaired) electrons. The molecule has 2 heterocycles. The van der Waals surface area contributed by atoms with Gasteiger partial charge in [-0.2, -0.15) is 0 Å². The third kappa shape index (κ3) is 2.40. The largest absolute Gasteiger partial charge is 0.481 e. The minimum atomic E-state index is -0.947. The molecule has 1 saturated heterocycles. The van der Waals surface area contributed by atoms with Crippen LogP contribution in [-0.2, 0) is 9.53 Å². The number of amides is 1.